The van der Waals surface area contributed by atoms with Gasteiger partial charge in [0.15, 0.2) is 0 Å². The molecule has 6 nitrogen and oxygen atoms in total. The Bertz CT molecular complexity index is 653. The van der Waals surface area contributed by atoms with Crippen molar-refractivity contribution < 1.29 is 9.59 Å². The van der Waals surface area contributed by atoms with Crippen LogP contribution in [-0.2, 0) is 4.79 Å². The summed E-state index contributed by atoms with van der Waals surface area (Å²) in [6.07, 6.45) is 6.81. The van der Waals surface area contributed by atoms with Crippen molar-refractivity contribution >= 4 is 11.8 Å². The molecule has 2 atom stereocenters. The van der Waals surface area contributed by atoms with Crippen molar-refractivity contribution in [2.75, 3.05) is 39.3 Å². The quantitative estimate of drug-likeness (QED) is 0.889. The van der Waals surface area contributed by atoms with E-state index in [1.54, 1.807) is 18.3 Å². The van der Waals surface area contributed by atoms with Crippen LogP contribution in [0, 0.1) is 11.3 Å². The molecule has 26 heavy (non-hydrogen) atoms. The second-order valence-corrected chi connectivity index (χ2v) is 8.07. The minimum absolute atomic E-state index is 0.0989. The number of carbonyl (C=O) groups is 2. The maximum atomic E-state index is 13.1. The zero-order chi connectivity index (χ0) is 18.0. The SMILES string of the molecule is O=C(NCC1CCN(C(=O)C23CCCN(CC2)C3)CC1)c1ccccn1. The first-order valence-electron chi connectivity index (χ1n) is 9.87. The van der Waals surface area contributed by atoms with Gasteiger partial charge in [0.25, 0.3) is 5.91 Å². The monoisotopic (exact) mass is 356 g/mol. The molecule has 3 aliphatic heterocycles. The fourth-order valence-electron chi connectivity index (χ4n) is 4.78. The molecular formula is C20H28N4O2. The van der Waals surface area contributed by atoms with Crippen LogP contribution in [0.5, 0.6) is 0 Å². The Labute approximate surface area is 155 Å². The van der Waals surface area contributed by atoms with Crippen molar-refractivity contribution in [2.24, 2.45) is 11.3 Å². The molecule has 0 aliphatic carbocycles. The van der Waals surface area contributed by atoms with Crippen LogP contribution in [0.4, 0.5) is 0 Å². The summed E-state index contributed by atoms with van der Waals surface area (Å²) in [7, 11) is 0. The maximum Gasteiger partial charge on any atom is 0.269 e. The largest absolute Gasteiger partial charge is 0.350 e. The zero-order valence-electron chi connectivity index (χ0n) is 15.3. The number of likely N-dealkylation sites (tertiary alicyclic amines) is 1. The fourth-order valence-corrected chi connectivity index (χ4v) is 4.78. The summed E-state index contributed by atoms with van der Waals surface area (Å²) >= 11 is 0. The van der Waals surface area contributed by atoms with E-state index < -0.39 is 0 Å². The Morgan fingerprint density at radius 3 is 2.77 bits per heavy atom. The molecule has 140 valence electrons. The van der Waals surface area contributed by atoms with Gasteiger partial charge in [0.2, 0.25) is 5.91 Å². The molecular weight excluding hydrogens is 328 g/mol. The molecule has 0 spiro atoms. The standard InChI is InChI=1S/C20H28N4O2/c25-18(17-4-1-2-9-21-17)22-14-16-5-11-24(12-6-16)19(26)20-7-3-10-23(15-20)13-8-20/h1-2,4,9,16H,3,5-8,10-15H2,(H,22,25). The smallest absolute Gasteiger partial charge is 0.269 e. The number of piperidine rings is 2. The molecule has 1 aromatic heterocycles. The predicted octanol–water partition coefficient (Wildman–Crippen LogP) is 1.54. The number of nitrogens with one attached hydrogen (secondary N) is 1. The Morgan fingerprint density at radius 1 is 1.15 bits per heavy atom. The number of amides is 2. The first-order chi connectivity index (χ1) is 12.7. The predicted molar refractivity (Wildman–Crippen MR) is 98.6 cm³/mol. The lowest BCUT2D eigenvalue weighted by atomic mass is 9.79. The number of carbonyl (C=O) groups excluding carboxylic acids is 2. The summed E-state index contributed by atoms with van der Waals surface area (Å²) in [5.74, 6) is 0.711. The van der Waals surface area contributed by atoms with E-state index in [0.717, 1.165) is 64.8 Å². The highest BCUT2D eigenvalue weighted by molar-refractivity contribution is 5.92. The van der Waals surface area contributed by atoms with Crippen LogP contribution >= 0.6 is 0 Å². The van der Waals surface area contributed by atoms with Gasteiger partial charge in [-0.2, -0.15) is 0 Å². The lowest BCUT2D eigenvalue weighted by Crippen LogP contribution is -2.50. The number of hydrogen-bond donors (Lipinski definition) is 1. The third kappa shape index (κ3) is 3.47. The summed E-state index contributed by atoms with van der Waals surface area (Å²) < 4.78 is 0. The average molecular weight is 356 g/mol. The van der Waals surface area contributed by atoms with Gasteiger partial charge in [-0.25, -0.2) is 0 Å². The molecule has 0 saturated carbocycles. The summed E-state index contributed by atoms with van der Waals surface area (Å²) in [6.45, 7) is 5.52. The molecule has 0 aromatic carbocycles. The lowest BCUT2D eigenvalue weighted by molar-refractivity contribution is -0.144. The molecule has 1 aromatic rings. The zero-order valence-corrected chi connectivity index (χ0v) is 15.3. The Balaban J connectivity index is 1.25. The molecule has 2 amide bonds. The third-order valence-corrected chi connectivity index (χ3v) is 6.37. The van der Waals surface area contributed by atoms with Crippen molar-refractivity contribution in [2.45, 2.75) is 32.1 Å². The van der Waals surface area contributed by atoms with E-state index in [0.29, 0.717) is 24.1 Å². The average Bonchev–Trinajstić information content (AvgIpc) is 3.01. The normalized spacial score (nSPS) is 28.8. The fraction of sp³-hybridized carbons (Fsp3) is 0.650. The van der Waals surface area contributed by atoms with Crippen LogP contribution in [0.1, 0.15) is 42.6 Å². The highest BCUT2D eigenvalue weighted by Gasteiger charge is 2.48. The Kier molecular flexibility index (Phi) is 4.94. The molecule has 4 heterocycles. The van der Waals surface area contributed by atoms with Crippen molar-refractivity contribution in [1.82, 2.24) is 20.1 Å². The van der Waals surface area contributed by atoms with Gasteiger partial charge in [0, 0.05) is 32.4 Å². The molecule has 3 fully saturated rings. The Hall–Kier alpha value is -1.95. The van der Waals surface area contributed by atoms with Gasteiger partial charge < -0.3 is 15.1 Å². The van der Waals surface area contributed by atoms with Crippen LogP contribution in [0.15, 0.2) is 24.4 Å². The molecule has 2 unspecified atom stereocenters. The van der Waals surface area contributed by atoms with Crippen molar-refractivity contribution in [3.63, 3.8) is 0 Å². The number of hydrogen-bond acceptors (Lipinski definition) is 4. The van der Waals surface area contributed by atoms with Crippen molar-refractivity contribution in [3.05, 3.63) is 30.1 Å². The minimum atomic E-state index is -0.115. The van der Waals surface area contributed by atoms with E-state index in [-0.39, 0.29) is 11.3 Å². The van der Waals surface area contributed by atoms with Gasteiger partial charge in [0.1, 0.15) is 5.69 Å². The van der Waals surface area contributed by atoms with E-state index >= 15 is 0 Å². The molecule has 3 aliphatic rings. The number of pyridine rings is 1. The second kappa shape index (κ2) is 7.35. The molecule has 6 heteroatoms. The van der Waals surface area contributed by atoms with Gasteiger partial charge >= 0.3 is 0 Å². The number of fused-ring (bicyclic) bond motifs is 2. The van der Waals surface area contributed by atoms with Gasteiger partial charge in [0.05, 0.1) is 5.41 Å². The van der Waals surface area contributed by atoms with E-state index in [2.05, 4.69) is 20.1 Å². The highest BCUT2D eigenvalue weighted by Crippen LogP contribution is 2.41. The lowest BCUT2D eigenvalue weighted by Gasteiger charge is -2.40. The molecule has 0 radical (unpaired) electrons. The van der Waals surface area contributed by atoms with Gasteiger partial charge in [-0.1, -0.05) is 6.07 Å². The molecule has 2 bridgehead atoms. The van der Waals surface area contributed by atoms with Crippen LogP contribution in [0.3, 0.4) is 0 Å². The van der Waals surface area contributed by atoms with Crippen molar-refractivity contribution in [1.29, 1.82) is 0 Å². The topological polar surface area (TPSA) is 65.5 Å². The maximum absolute atomic E-state index is 13.1. The van der Waals surface area contributed by atoms with E-state index in [4.69, 9.17) is 0 Å². The Morgan fingerprint density at radius 2 is 2.00 bits per heavy atom. The van der Waals surface area contributed by atoms with Crippen LogP contribution in [-0.4, -0.2) is 65.9 Å². The highest BCUT2D eigenvalue weighted by atomic mass is 16.2. The number of aromatic nitrogens is 1. The van der Waals surface area contributed by atoms with E-state index in [1.807, 2.05) is 6.07 Å². The van der Waals surface area contributed by atoms with E-state index in [1.165, 1.54) is 0 Å². The van der Waals surface area contributed by atoms with Crippen LogP contribution < -0.4 is 5.32 Å². The summed E-state index contributed by atoms with van der Waals surface area (Å²) in [5.41, 5.74) is 0.362. The van der Waals surface area contributed by atoms with E-state index in [9.17, 15) is 9.59 Å². The number of nitrogens with zero attached hydrogens (tertiary/aromatic N) is 3. The first kappa shape index (κ1) is 17.5. The van der Waals surface area contributed by atoms with Crippen LogP contribution in [0.25, 0.3) is 0 Å². The van der Waals surface area contributed by atoms with Crippen LogP contribution in [0.2, 0.25) is 0 Å². The summed E-state index contributed by atoms with van der Waals surface area (Å²) in [6, 6.07) is 5.35. The van der Waals surface area contributed by atoms with Crippen molar-refractivity contribution in [3.8, 4) is 0 Å². The number of rotatable bonds is 4. The third-order valence-electron chi connectivity index (χ3n) is 6.37. The summed E-state index contributed by atoms with van der Waals surface area (Å²) in [4.78, 5) is 33.8. The van der Waals surface area contributed by atoms with Gasteiger partial charge in [-0.3, -0.25) is 14.6 Å². The first-order valence-corrected chi connectivity index (χ1v) is 9.87. The molecule has 4 rings (SSSR count). The van der Waals surface area contributed by atoms with Gasteiger partial charge in [-0.15, -0.1) is 0 Å². The second-order valence-electron chi connectivity index (χ2n) is 8.07. The summed E-state index contributed by atoms with van der Waals surface area (Å²) in [5, 5.41) is 2.99. The molecule has 3 saturated heterocycles. The molecule has 1 N–H and O–H groups in total. The van der Waals surface area contributed by atoms with Gasteiger partial charge in [-0.05, 0) is 63.2 Å². The minimum Gasteiger partial charge on any atom is -0.350 e.